The lowest BCUT2D eigenvalue weighted by Crippen LogP contribution is -2.03. The standard InChI is InChI=1S/C26H20O4S/c27-31(28)25-14-8-7-13-21(25)22-15-23(29-17-19-9-3-1-4-10-19)24(16-26(22)31)30-18-20-11-5-2-6-12-20/h1-16H,17-18H2. The van der Waals surface area contributed by atoms with Crippen molar-refractivity contribution in [1.82, 2.24) is 0 Å². The van der Waals surface area contributed by atoms with Crippen LogP contribution >= 0.6 is 0 Å². The van der Waals surface area contributed by atoms with Gasteiger partial charge in [-0.2, -0.15) is 0 Å². The van der Waals surface area contributed by atoms with E-state index in [9.17, 15) is 8.42 Å². The van der Waals surface area contributed by atoms with Crippen molar-refractivity contribution in [3.8, 4) is 22.6 Å². The highest BCUT2D eigenvalue weighted by Crippen LogP contribution is 2.47. The number of hydrogen-bond acceptors (Lipinski definition) is 4. The Morgan fingerprint density at radius 3 is 1.68 bits per heavy atom. The van der Waals surface area contributed by atoms with Crippen molar-refractivity contribution >= 4 is 9.84 Å². The van der Waals surface area contributed by atoms with Crippen LogP contribution in [-0.4, -0.2) is 8.42 Å². The molecule has 31 heavy (non-hydrogen) atoms. The van der Waals surface area contributed by atoms with Gasteiger partial charge in [0.05, 0.1) is 9.79 Å². The summed E-state index contributed by atoms with van der Waals surface area (Å²) < 4.78 is 38.3. The minimum Gasteiger partial charge on any atom is -0.485 e. The van der Waals surface area contributed by atoms with Crippen LogP contribution in [0, 0.1) is 0 Å². The number of ether oxygens (including phenoxy) is 2. The van der Waals surface area contributed by atoms with E-state index in [4.69, 9.17) is 9.47 Å². The molecule has 0 atom stereocenters. The van der Waals surface area contributed by atoms with Crippen molar-refractivity contribution in [3.05, 3.63) is 108 Å². The van der Waals surface area contributed by atoms with E-state index in [1.165, 1.54) is 0 Å². The third-order valence-electron chi connectivity index (χ3n) is 5.28. The van der Waals surface area contributed by atoms with Gasteiger partial charge in [-0.3, -0.25) is 0 Å². The summed E-state index contributed by atoms with van der Waals surface area (Å²) in [4.78, 5) is 0.572. The molecule has 0 saturated carbocycles. The Bertz CT molecular complexity index is 1330. The van der Waals surface area contributed by atoms with Crippen LogP contribution in [0.4, 0.5) is 0 Å². The van der Waals surface area contributed by atoms with E-state index in [0.717, 1.165) is 11.1 Å². The van der Waals surface area contributed by atoms with Gasteiger partial charge in [-0.05, 0) is 23.3 Å². The lowest BCUT2D eigenvalue weighted by molar-refractivity contribution is 0.255. The molecule has 0 aliphatic carbocycles. The molecule has 0 N–H and O–H groups in total. The molecule has 0 radical (unpaired) electrons. The number of rotatable bonds is 6. The zero-order valence-corrected chi connectivity index (χ0v) is 17.5. The average molecular weight is 429 g/mol. The summed E-state index contributed by atoms with van der Waals surface area (Å²) in [5.41, 5.74) is 3.34. The Balaban J connectivity index is 1.54. The Kier molecular flexibility index (Phi) is 4.96. The Morgan fingerprint density at radius 2 is 1.06 bits per heavy atom. The number of fused-ring (bicyclic) bond motifs is 3. The van der Waals surface area contributed by atoms with Gasteiger partial charge in [0.25, 0.3) is 0 Å². The largest absolute Gasteiger partial charge is 0.485 e. The van der Waals surface area contributed by atoms with E-state index in [1.807, 2.05) is 72.8 Å². The first-order valence-electron chi connectivity index (χ1n) is 9.99. The predicted molar refractivity (Wildman–Crippen MR) is 119 cm³/mol. The molecular formula is C26H20O4S. The van der Waals surface area contributed by atoms with Gasteiger partial charge < -0.3 is 9.47 Å². The summed E-state index contributed by atoms with van der Waals surface area (Å²) in [6.45, 7) is 0.671. The average Bonchev–Trinajstić information content (AvgIpc) is 3.04. The molecule has 5 rings (SSSR count). The van der Waals surface area contributed by atoms with Crippen molar-refractivity contribution in [2.24, 2.45) is 0 Å². The summed E-state index contributed by atoms with van der Waals surface area (Å²) in [6.07, 6.45) is 0. The molecule has 0 spiro atoms. The van der Waals surface area contributed by atoms with Gasteiger partial charge in [0, 0.05) is 17.2 Å². The molecule has 0 unspecified atom stereocenters. The van der Waals surface area contributed by atoms with Crippen LogP contribution in [0.2, 0.25) is 0 Å². The fraction of sp³-hybridized carbons (Fsp3) is 0.0769. The second kappa shape index (κ2) is 7.93. The zero-order valence-electron chi connectivity index (χ0n) is 16.7. The van der Waals surface area contributed by atoms with Crippen LogP contribution in [0.15, 0.2) is 107 Å². The van der Waals surface area contributed by atoms with Gasteiger partial charge in [-0.1, -0.05) is 78.9 Å². The molecule has 0 fully saturated rings. The SMILES string of the molecule is O=S1(=O)c2ccccc2-c2cc(OCc3ccccc3)c(OCc3ccccc3)cc21. The van der Waals surface area contributed by atoms with Gasteiger partial charge >= 0.3 is 0 Å². The van der Waals surface area contributed by atoms with Crippen molar-refractivity contribution < 1.29 is 17.9 Å². The molecule has 0 aromatic heterocycles. The summed E-state index contributed by atoms with van der Waals surface area (Å²) in [7, 11) is -3.59. The number of hydrogen-bond donors (Lipinski definition) is 0. The van der Waals surface area contributed by atoms with Crippen molar-refractivity contribution in [2.75, 3.05) is 0 Å². The first-order chi connectivity index (χ1) is 15.1. The topological polar surface area (TPSA) is 52.6 Å². The van der Waals surface area contributed by atoms with Crippen LogP contribution in [0.5, 0.6) is 11.5 Å². The maximum Gasteiger partial charge on any atom is 0.207 e. The minimum absolute atomic E-state index is 0.254. The third kappa shape index (κ3) is 3.68. The van der Waals surface area contributed by atoms with Crippen LogP contribution in [0.3, 0.4) is 0 Å². The first kappa shape index (κ1) is 19.4. The van der Waals surface area contributed by atoms with E-state index >= 15 is 0 Å². The van der Waals surface area contributed by atoms with Crippen LogP contribution in [0.1, 0.15) is 11.1 Å². The Morgan fingerprint density at radius 1 is 0.548 bits per heavy atom. The number of sulfone groups is 1. The highest BCUT2D eigenvalue weighted by atomic mass is 32.2. The van der Waals surface area contributed by atoms with E-state index < -0.39 is 9.84 Å². The predicted octanol–water partition coefficient (Wildman–Crippen LogP) is 5.66. The summed E-state index contributed by atoms with van der Waals surface area (Å²) in [5.74, 6) is 0.931. The Hall–Kier alpha value is -3.57. The van der Waals surface area contributed by atoms with E-state index in [2.05, 4.69) is 0 Å². The van der Waals surface area contributed by atoms with Crippen LogP contribution in [-0.2, 0) is 23.1 Å². The zero-order chi connectivity index (χ0) is 21.3. The summed E-state index contributed by atoms with van der Waals surface area (Å²) in [5, 5.41) is 0. The fourth-order valence-electron chi connectivity index (χ4n) is 3.71. The Labute approximate surface area is 181 Å². The fourth-order valence-corrected chi connectivity index (χ4v) is 5.40. The smallest absolute Gasteiger partial charge is 0.207 e. The molecule has 0 saturated heterocycles. The van der Waals surface area contributed by atoms with Gasteiger partial charge in [-0.25, -0.2) is 8.42 Å². The molecule has 1 heterocycles. The first-order valence-corrected chi connectivity index (χ1v) is 11.5. The van der Waals surface area contributed by atoms with Gasteiger partial charge in [0.15, 0.2) is 11.5 Å². The molecule has 4 nitrogen and oxygen atoms in total. The third-order valence-corrected chi connectivity index (χ3v) is 7.13. The van der Waals surface area contributed by atoms with Crippen molar-refractivity contribution in [3.63, 3.8) is 0 Å². The molecule has 0 amide bonds. The maximum absolute atomic E-state index is 13.1. The lowest BCUT2D eigenvalue weighted by Gasteiger charge is -2.15. The molecule has 4 aromatic carbocycles. The van der Waals surface area contributed by atoms with Gasteiger partial charge in [0.2, 0.25) is 9.84 Å². The quantitative estimate of drug-likeness (QED) is 0.350. The van der Waals surface area contributed by atoms with Crippen molar-refractivity contribution in [1.29, 1.82) is 0 Å². The molecule has 5 heteroatoms. The molecule has 1 aliphatic rings. The molecule has 154 valence electrons. The normalized spacial score (nSPS) is 13.3. The summed E-state index contributed by atoms with van der Waals surface area (Å²) in [6, 6.07) is 30.0. The van der Waals surface area contributed by atoms with E-state index in [1.54, 1.807) is 24.3 Å². The lowest BCUT2D eigenvalue weighted by atomic mass is 10.1. The van der Waals surface area contributed by atoms with Crippen LogP contribution in [0.25, 0.3) is 11.1 Å². The highest BCUT2D eigenvalue weighted by molar-refractivity contribution is 7.92. The molecule has 4 aromatic rings. The van der Waals surface area contributed by atoms with Crippen LogP contribution < -0.4 is 9.47 Å². The monoisotopic (exact) mass is 428 g/mol. The second-order valence-electron chi connectivity index (χ2n) is 7.34. The molecule has 1 aliphatic heterocycles. The molecular weight excluding hydrogens is 408 g/mol. The van der Waals surface area contributed by atoms with E-state index in [-0.39, 0.29) is 4.90 Å². The van der Waals surface area contributed by atoms with Crippen molar-refractivity contribution in [2.45, 2.75) is 23.0 Å². The van der Waals surface area contributed by atoms with Gasteiger partial charge in [0.1, 0.15) is 13.2 Å². The molecule has 0 bridgehead atoms. The second-order valence-corrected chi connectivity index (χ2v) is 9.23. The maximum atomic E-state index is 13.1. The highest BCUT2D eigenvalue weighted by Gasteiger charge is 2.34. The minimum atomic E-state index is -3.59. The van der Waals surface area contributed by atoms with Gasteiger partial charge in [-0.15, -0.1) is 0 Å². The number of benzene rings is 4. The summed E-state index contributed by atoms with van der Waals surface area (Å²) >= 11 is 0. The van der Waals surface area contributed by atoms with E-state index in [0.29, 0.717) is 40.7 Å².